The minimum atomic E-state index is -2.44. The third-order valence-corrected chi connectivity index (χ3v) is 2.35. The van der Waals surface area contributed by atoms with Crippen molar-refractivity contribution in [2.24, 2.45) is 0 Å². The van der Waals surface area contributed by atoms with E-state index in [1.54, 1.807) is 0 Å². The van der Waals surface area contributed by atoms with Crippen molar-refractivity contribution in [3.8, 4) is 0 Å². The summed E-state index contributed by atoms with van der Waals surface area (Å²) in [5.41, 5.74) is 0. The maximum Gasteiger partial charge on any atom is 5.00 e. The average Bonchev–Trinajstić information content (AvgIpc) is 2.64. The number of aliphatic hydroxyl groups excluding tert-OH is 6. The van der Waals surface area contributed by atoms with E-state index in [0.717, 1.165) is 0 Å². The molecule has 32 heavy (non-hydrogen) atoms. The summed E-state index contributed by atoms with van der Waals surface area (Å²) in [5.74, 6) is -12.4. The molecule has 0 aromatic rings. The van der Waals surface area contributed by atoms with E-state index in [9.17, 15) is 59.4 Å². The Labute approximate surface area is 187 Å². The van der Waals surface area contributed by atoms with Gasteiger partial charge in [-0.3, -0.25) is 0 Å². The van der Waals surface area contributed by atoms with Crippen molar-refractivity contribution in [3.63, 3.8) is 0 Å². The number of quaternary nitrogens is 1. The molecule has 0 aliphatic rings. The van der Waals surface area contributed by atoms with E-state index in [4.69, 9.17) is 30.6 Å². The standard InChI is InChI=1S/3C4H6O6.H3N.V/c3*5-1(3(7)8)2(6)4(9)10;;/h3*1-2,5-6H,(H,7,8)(H,9,10);1H3;/q;;;;+5/p-5. The summed E-state index contributed by atoms with van der Waals surface area (Å²) in [6, 6.07) is 0. The van der Waals surface area contributed by atoms with E-state index < -0.39 is 72.4 Å². The molecule has 0 aromatic carbocycles. The van der Waals surface area contributed by atoms with E-state index >= 15 is 0 Å². The summed E-state index contributed by atoms with van der Waals surface area (Å²) < 4.78 is 0. The van der Waals surface area contributed by atoms with Gasteiger partial charge in [-0.25, -0.2) is 0 Å². The molecule has 6 atom stereocenters. The Hall–Kier alpha value is -2.88. The van der Waals surface area contributed by atoms with Crippen molar-refractivity contribution in [1.29, 1.82) is 0 Å². The number of carbonyl (C=O) groups is 6. The zero-order valence-corrected chi connectivity index (χ0v) is 16.9. The molecule has 0 saturated carbocycles. The van der Waals surface area contributed by atoms with Gasteiger partial charge in [-0.15, -0.1) is 0 Å². The molecule has 0 radical (unpaired) electrons. The zero-order chi connectivity index (χ0) is 24.9. The SMILES string of the molecule is O=C([O-])C(O)C(O)C(=O)[O-].O=C([O-])C(O)C(O)C(=O)[O-].O=C([O-])C(O)C(O)C(=O)[O-].[NH4+].[V+5]. The van der Waals surface area contributed by atoms with E-state index in [1.165, 1.54) is 0 Å². The van der Waals surface area contributed by atoms with E-state index in [-0.39, 0.29) is 24.7 Å². The van der Waals surface area contributed by atoms with Crippen molar-refractivity contribution in [2.75, 3.05) is 0 Å². The quantitative estimate of drug-likeness (QED) is 0.150. The molecule has 0 bridgehead atoms. The van der Waals surface area contributed by atoms with Crippen molar-refractivity contribution in [2.45, 2.75) is 36.6 Å². The van der Waals surface area contributed by atoms with Crippen LogP contribution in [0.1, 0.15) is 0 Å². The summed E-state index contributed by atoms with van der Waals surface area (Å²) >= 11 is 0. The number of aliphatic hydroxyl groups is 6. The second kappa shape index (κ2) is 18.9. The largest absolute Gasteiger partial charge is 5.00 e. The first-order chi connectivity index (χ1) is 13.4. The van der Waals surface area contributed by atoms with Crippen LogP contribution in [0, 0.1) is 0 Å². The van der Waals surface area contributed by atoms with Crippen molar-refractivity contribution in [1.82, 2.24) is 6.15 Å². The Bertz CT molecular complexity index is 500. The molecule has 19 nitrogen and oxygen atoms in total. The fourth-order valence-corrected chi connectivity index (χ4v) is 0.773. The summed E-state index contributed by atoms with van der Waals surface area (Å²) in [6.45, 7) is 0. The Balaban J connectivity index is -0.000000110. The number of carbonyl (C=O) groups excluding carboxylic acids is 6. The normalized spacial score (nSPS) is 14.8. The average molecular weight is 513 g/mol. The van der Waals surface area contributed by atoms with Crippen LogP contribution in [0.2, 0.25) is 0 Å². The smallest absolute Gasteiger partial charge is 0.547 e. The molecule has 0 fully saturated rings. The summed E-state index contributed by atoms with van der Waals surface area (Å²) in [4.78, 5) is 57.8. The number of hydrogen-bond donors (Lipinski definition) is 7. The second-order valence-corrected chi connectivity index (χ2v) is 4.58. The van der Waals surface area contributed by atoms with Gasteiger partial charge >= 0.3 is 18.6 Å². The van der Waals surface area contributed by atoms with Gasteiger partial charge in [0.2, 0.25) is 0 Å². The van der Waals surface area contributed by atoms with Crippen LogP contribution in [0.5, 0.6) is 0 Å². The van der Waals surface area contributed by atoms with E-state index in [2.05, 4.69) is 0 Å². The first-order valence-electron chi connectivity index (χ1n) is 6.73. The van der Waals surface area contributed by atoms with Crippen LogP contribution in [0.3, 0.4) is 0 Å². The van der Waals surface area contributed by atoms with Gasteiger partial charge < -0.3 is 96.2 Å². The fraction of sp³-hybridized carbons (Fsp3) is 0.500. The molecule has 0 saturated heterocycles. The number of aliphatic carboxylic acids is 6. The molecule has 0 aliphatic heterocycles. The minimum Gasteiger partial charge on any atom is -0.547 e. The minimum absolute atomic E-state index is 0. The maximum absolute atomic E-state index is 9.63. The Kier molecular flexibility index (Phi) is 23.3. The molecule has 0 aliphatic carbocycles. The van der Waals surface area contributed by atoms with Gasteiger partial charge in [0.1, 0.15) is 36.6 Å². The Morgan fingerprint density at radius 2 is 0.438 bits per heavy atom. The predicted octanol–water partition coefficient (Wildman–Crippen LogP) is -14.0. The van der Waals surface area contributed by atoms with Crippen LogP contribution in [-0.4, -0.2) is 103 Å². The molecule has 0 heterocycles. The molecule has 0 amide bonds. The van der Waals surface area contributed by atoms with Gasteiger partial charge in [-0.1, -0.05) is 0 Å². The monoisotopic (exact) mass is 513 g/mol. The third-order valence-electron chi connectivity index (χ3n) is 2.35. The van der Waals surface area contributed by atoms with Crippen LogP contribution in [0.25, 0.3) is 0 Å². The predicted molar refractivity (Wildman–Crippen MR) is 72.1 cm³/mol. The number of rotatable bonds is 9. The second-order valence-electron chi connectivity index (χ2n) is 4.58. The van der Waals surface area contributed by atoms with Gasteiger partial charge in [-0.2, -0.15) is 0 Å². The molecule has 182 valence electrons. The van der Waals surface area contributed by atoms with Gasteiger partial charge in [0.25, 0.3) is 0 Å². The zero-order valence-electron chi connectivity index (χ0n) is 15.5. The number of carboxylic acid groups (broad SMARTS) is 6. The van der Waals surface area contributed by atoms with E-state index in [0.29, 0.717) is 0 Å². The van der Waals surface area contributed by atoms with Gasteiger partial charge in [0, 0.05) is 0 Å². The number of hydrogen-bond acceptors (Lipinski definition) is 18. The van der Waals surface area contributed by atoms with Crippen molar-refractivity contribution >= 4 is 35.8 Å². The number of carboxylic acids is 6. The van der Waals surface area contributed by atoms with Crippen LogP contribution >= 0.6 is 0 Å². The van der Waals surface area contributed by atoms with Crippen LogP contribution in [-0.2, 0) is 47.3 Å². The molecule has 6 unspecified atom stereocenters. The molecule has 20 heteroatoms. The Morgan fingerprint density at radius 3 is 0.469 bits per heavy atom. The summed E-state index contributed by atoms with van der Waals surface area (Å²) in [5, 5.41) is 107. The fourth-order valence-electron chi connectivity index (χ4n) is 0.773. The Morgan fingerprint density at radius 1 is 0.375 bits per heavy atom. The summed E-state index contributed by atoms with van der Waals surface area (Å²) in [7, 11) is 0. The van der Waals surface area contributed by atoms with Crippen LogP contribution in [0.15, 0.2) is 0 Å². The third kappa shape index (κ3) is 16.9. The van der Waals surface area contributed by atoms with Crippen molar-refractivity contribution in [3.05, 3.63) is 0 Å². The summed E-state index contributed by atoms with van der Waals surface area (Å²) in [6.07, 6.45) is -14.6. The molecule has 0 rings (SSSR count). The van der Waals surface area contributed by atoms with Gasteiger partial charge in [-0.05, 0) is 0 Å². The molecule has 10 N–H and O–H groups in total. The van der Waals surface area contributed by atoms with Gasteiger partial charge in [0.15, 0.2) is 0 Å². The topological polar surface area (TPSA) is 399 Å². The van der Waals surface area contributed by atoms with Gasteiger partial charge in [0.05, 0.1) is 35.8 Å². The molecular weight excluding hydrogens is 497 g/mol. The van der Waals surface area contributed by atoms with Crippen LogP contribution in [0.4, 0.5) is 0 Å². The first-order valence-corrected chi connectivity index (χ1v) is 6.73. The first kappa shape index (κ1) is 39.6. The van der Waals surface area contributed by atoms with Crippen molar-refractivity contribution < 1.29 is 109 Å². The van der Waals surface area contributed by atoms with Crippen LogP contribution < -0.4 is 36.8 Å². The maximum atomic E-state index is 9.63. The molecular formula is C12H16NO18V. The molecule has 0 aromatic heterocycles. The van der Waals surface area contributed by atoms with E-state index in [1.807, 2.05) is 0 Å². The molecule has 0 spiro atoms.